The summed E-state index contributed by atoms with van der Waals surface area (Å²) in [5, 5.41) is 16.6. The van der Waals surface area contributed by atoms with E-state index in [0.29, 0.717) is 17.7 Å². The highest BCUT2D eigenvalue weighted by Gasteiger charge is 2.14. The zero-order valence-electron chi connectivity index (χ0n) is 15.3. The zero-order valence-corrected chi connectivity index (χ0v) is 15.3. The normalized spacial score (nSPS) is 10.6. The highest BCUT2D eigenvalue weighted by atomic mass is 16.5. The SMILES string of the molecule is O=C(Nc1cccc(-c2noc(=O)[nH]2)c1)c1cc(Cc2ccccc2)ccc1O. The lowest BCUT2D eigenvalue weighted by molar-refractivity contribution is 0.102. The Morgan fingerprint density at radius 1 is 1.00 bits per heavy atom. The summed E-state index contributed by atoms with van der Waals surface area (Å²) in [6.45, 7) is 0. The maximum atomic E-state index is 12.7. The second-order valence-electron chi connectivity index (χ2n) is 6.49. The summed E-state index contributed by atoms with van der Waals surface area (Å²) >= 11 is 0. The van der Waals surface area contributed by atoms with Crippen LogP contribution in [-0.2, 0) is 6.42 Å². The summed E-state index contributed by atoms with van der Waals surface area (Å²) in [6.07, 6.45) is 0.649. The Hall–Kier alpha value is -4.13. The molecule has 0 aliphatic heterocycles. The molecule has 29 heavy (non-hydrogen) atoms. The molecule has 0 saturated carbocycles. The number of benzene rings is 3. The molecule has 1 heterocycles. The Morgan fingerprint density at radius 2 is 1.83 bits per heavy atom. The van der Waals surface area contributed by atoms with Gasteiger partial charge < -0.3 is 10.4 Å². The molecule has 1 amide bonds. The second kappa shape index (κ2) is 7.85. The molecule has 0 unspecified atom stereocenters. The number of amides is 1. The summed E-state index contributed by atoms with van der Waals surface area (Å²) in [6, 6.07) is 21.6. The lowest BCUT2D eigenvalue weighted by Gasteiger charge is -2.10. The molecule has 0 radical (unpaired) electrons. The van der Waals surface area contributed by atoms with Crippen LogP contribution in [0.3, 0.4) is 0 Å². The van der Waals surface area contributed by atoms with Crippen LogP contribution in [0.1, 0.15) is 21.5 Å². The van der Waals surface area contributed by atoms with E-state index in [2.05, 4.69) is 20.0 Å². The van der Waals surface area contributed by atoms with Crippen molar-refractivity contribution in [2.45, 2.75) is 6.42 Å². The minimum Gasteiger partial charge on any atom is -0.507 e. The average Bonchev–Trinajstić information content (AvgIpc) is 3.17. The van der Waals surface area contributed by atoms with Gasteiger partial charge in [0.1, 0.15) is 5.75 Å². The molecule has 3 aromatic carbocycles. The molecule has 144 valence electrons. The van der Waals surface area contributed by atoms with Crippen molar-refractivity contribution in [1.29, 1.82) is 0 Å². The van der Waals surface area contributed by atoms with Crippen LogP contribution in [0.25, 0.3) is 11.4 Å². The molecule has 4 rings (SSSR count). The topological polar surface area (TPSA) is 108 Å². The van der Waals surface area contributed by atoms with E-state index in [1.807, 2.05) is 30.3 Å². The Balaban J connectivity index is 1.55. The van der Waals surface area contributed by atoms with E-state index >= 15 is 0 Å². The minimum atomic E-state index is -0.658. The van der Waals surface area contributed by atoms with Gasteiger partial charge in [0.2, 0.25) is 0 Å². The largest absolute Gasteiger partial charge is 0.507 e. The Morgan fingerprint density at radius 3 is 2.59 bits per heavy atom. The van der Waals surface area contributed by atoms with Crippen LogP contribution in [0.4, 0.5) is 5.69 Å². The van der Waals surface area contributed by atoms with Gasteiger partial charge in [-0.15, -0.1) is 0 Å². The van der Waals surface area contributed by atoms with Crippen molar-refractivity contribution in [3.63, 3.8) is 0 Å². The van der Waals surface area contributed by atoms with Crippen LogP contribution in [0, 0.1) is 0 Å². The van der Waals surface area contributed by atoms with E-state index in [4.69, 9.17) is 0 Å². The summed E-state index contributed by atoms with van der Waals surface area (Å²) in [5.74, 6) is -0.937. The number of carbonyl (C=O) groups excluding carboxylic acids is 1. The van der Waals surface area contributed by atoms with Crippen molar-refractivity contribution in [2.75, 3.05) is 5.32 Å². The van der Waals surface area contributed by atoms with Crippen molar-refractivity contribution in [3.8, 4) is 17.1 Å². The first-order chi connectivity index (χ1) is 14.1. The molecule has 0 saturated heterocycles. The average molecular weight is 387 g/mol. The molecule has 7 nitrogen and oxygen atoms in total. The van der Waals surface area contributed by atoms with Crippen molar-refractivity contribution < 1.29 is 14.4 Å². The van der Waals surface area contributed by atoms with Crippen LogP contribution < -0.4 is 11.1 Å². The summed E-state index contributed by atoms with van der Waals surface area (Å²) in [5.41, 5.74) is 3.27. The van der Waals surface area contributed by atoms with E-state index in [0.717, 1.165) is 11.1 Å². The summed E-state index contributed by atoms with van der Waals surface area (Å²) in [4.78, 5) is 26.3. The lowest BCUT2D eigenvalue weighted by atomic mass is 10.0. The number of nitrogens with zero attached hydrogens (tertiary/aromatic N) is 1. The van der Waals surface area contributed by atoms with Crippen molar-refractivity contribution in [3.05, 3.63) is 100 Å². The van der Waals surface area contributed by atoms with Crippen LogP contribution >= 0.6 is 0 Å². The monoisotopic (exact) mass is 387 g/mol. The Bertz CT molecular complexity index is 1210. The van der Waals surface area contributed by atoms with E-state index < -0.39 is 11.7 Å². The van der Waals surface area contributed by atoms with Gasteiger partial charge in [0, 0.05) is 11.3 Å². The molecule has 0 fully saturated rings. The first kappa shape index (κ1) is 18.2. The summed E-state index contributed by atoms with van der Waals surface area (Å²) in [7, 11) is 0. The number of hydrogen-bond acceptors (Lipinski definition) is 5. The van der Waals surface area contributed by atoms with Gasteiger partial charge in [0.15, 0.2) is 5.82 Å². The number of anilines is 1. The molecule has 4 aromatic rings. The number of aromatic hydroxyl groups is 1. The molecule has 0 bridgehead atoms. The number of aromatic amines is 1. The van der Waals surface area contributed by atoms with Crippen molar-refractivity contribution >= 4 is 11.6 Å². The third-order valence-electron chi connectivity index (χ3n) is 4.39. The predicted octanol–water partition coefficient (Wildman–Crippen LogP) is 3.58. The Kier molecular flexibility index (Phi) is 4.94. The third kappa shape index (κ3) is 4.24. The van der Waals surface area contributed by atoms with Crippen molar-refractivity contribution in [2.24, 2.45) is 0 Å². The number of H-pyrrole nitrogens is 1. The number of rotatable bonds is 5. The third-order valence-corrected chi connectivity index (χ3v) is 4.39. The van der Waals surface area contributed by atoms with Gasteiger partial charge in [-0.05, 0) is 41.8 Å². The van der Waals surface area contributed by atoms with Gasteiger partial charge >= 0.3 is 5.76 Å². The molecule has 0 aliphatic rings. The highest BCUT2D eigenvalue weighted by molar-refractivity contribution is 6.06. The molecule has 0 spiro atoms. The quantitative estimate of drug-likeness (QED) is 0.485. The smallest absolute Gasteiger partial charge is 0.439 e. The maximum Gasteiger partial charge on any atom is 0.439 e. The van der Waals surface area contributed by atoms with Crippen molar-refractivity contribution in [1.82, 2.24) is 10.1 Å². The molecular weight excluding hydrogens is 370 g/mol. The molecule has 1 aromatic heterocycles. The Labute approximate surface area is 165 Å². The number of hydrogen-bond donors (Lipinski definition) is 3. The summed E-state index contributed by atoms with van der Waals surface area (Å²) < 4.78 is 4.51. The fourth-order valence-corrected chi connectivity index (χ4v) is 3.00. The van der Waals surface area contributed by atoms with Gasteiger partial charge in [-0.2, -0.15) is 0 Å². The standard InChI is InChI=1S/C22H17N3O4/c26-19-10-9-15(11-14-5-2-1-3-6-14)12-18(19)21(27)23-17-8-4-7-16(13-17)20-24-22(28)29-25-20/h1-10,12-13,26H,11H2,(H,23,27)(H,24,25,28). The van der Waals surface area contributed by atoms with Crippen LogP contribution in [-0.4, -0.2) is 21.2 Å². The van der Waals surface area contributed by atoms with Gasteiger partial charge in [-0.3, -0.25) is 14.3 Å². The molecule has 0 atom stereocenters. The maximum absolute atomic E-state index is 12.7. The number of phenolic OH excluding ortho intramolecular Hbond substituents is 1. The van der Waals surface area contributed by atoms with Gasteiger partial charge in [0.25, 0.3) is 5.91 Å². The first-order valence-corrected chi connectivity index (χ1v) is 8.92. The van der Waals surface area contributed by atoms with Gasteiger partial charge in [0.05, 0.1) is 5.56 Å². The molecular formula is C22H17N3O4. The predicted molar refractivity (Wildman–Crippen MR) is 108 cm³/mol. The van der Waals surface area contributed by atoms with E-state index in [1.54, 1.807) is 36.4 Å². The van der Waals surface area contributed by atoms with Crippen LogP contribution in [0.15, 0.2) is 82.1 Å². The van der Waals surface area contributed by atoms with E-state index in [9.17, 15) is 14.7 Å². The van der Waals surface area contributed by atoms with E-state index in [1.165, 1.54) is 6.07 Å². The first-order valence-electron chi connectivity index (χ1n) is 8.92. The fraction of sp³-hybridized carbons (Fsp3) is 0.0455. The van der Waals surface area contributed by atoms with Gasteiger partial charge in [-0.25, -0.2) is 4.79 Å². The molecule has 3 N–H and O–H groups in total. The second-order valence-corrected chi connectivity index (χ2v) is 6.49. The molecule has 7 heteroatoms. The lowest BCUT2D eigenvalue weighted by Crippen LogP contribution is -2.12. The number of phenols is 1. The van der Waals surface area contributed by atoms with Crippen LogP contribution in [0.5, 0.6) is 5.75 Å². The van der Waals surface area contributed by atoms with Crippen LogP contribution in [0.2, 0.25) is 0 Å². The van der Waals surface area contributed by atoms with E-state index in [-0.39, 0.29) is 17.1 Å². The number of carbonyl (C=O) groups is 1. The minimum absolute atomic E-state index is 0.101. The number of aromatic nitrogens is 2. The highest BCUT2D eigenvalue weighted by Crippen LogP contribution is 2.23. The zero-order chi connectivity index (χ0) is 20.2. The number of nitrogens with one attached hydrogen (secondary N) is 2. The van der Waals surface area contributed by atoms with Gasteiger partial charge in [-0.1, -0.05) is 53.7 Å². The molecule has 0 aliphatic carbocycles. The fourth-order valence-electron chi connectivity index (χ4n) is 3.00.